The number of fused-ring (bicyclic) bond motifs is 1. The van der Waals surface area contributed by atoms with E-state index in [2.05, 4.69) is 10.6 Å². The van der Waals surface area contributed by atoms with Crippen LogP contribution < -0.4 is 24.8 Å². The molecule has 3 rings (SSSR count). The first-order chi connectivity index (χ1) is 15.3. The van der Waals surface area contributed by atoms with E-state index in [1.54, 1.807) is 18.2 Å². The Morgan fingerprint density at radius 2 is 1.75 bits per heavy atom. The van der Waals surface area contributed by atoms with Crippen molar-refractivity contribution in [3.8, 4) is 17.2 Å². The molecule has 2 aromatic carbocycles. The zero-order valence-corrected chi connectivity index (χ0v) is 18.2. The monoisotopic (exact) mass is 442 g/mol. The van der Waals surface area contributed by atoms with Crippen molar-refractivity contribution in [2.24, 2.45) is 0 Å². The van der Waals surface area contributed by atoms with Gasteiger partial charge in [-0.25, -0.2) is 9.59 Å². The summed E-state index contributed by atoms with van der Waals surface area (Å²) < 4.78 is 21.3. The SMILES string of the molecule is Cc1ccc(C(C)C)c(OCC(=O)OCC(=O)NC(=O)Nc2ccc3c(c2)OCCO3)c1. The van der Waals surface area contributed by atoms with Crippen molar-refractivity contribution in [3.05, 3.63) is 47.5 Å². The maximum Gasteiger partial charge on any atom is 0.344 e. The van der Waals surface area contributed by atoms with Crippen molar-refractivity contribution < 1.29 is 33.3 Å². The first kappa shape index (κ1) is 22.9. The molecule has 0 saturated carbocycles. The normalized spacial score (nSPS) is 12.1. The number of benzene rings is 2. The first-order valence-corrected chi connectivity index (χ1v) is 10.2. The topological polar surface area (TPSA) is 112 Å². The van der Waals surface area contributed by atoms with Crippen LogP contribution in [0.4, 0.5) is 10.5 Å². The van der Waals surface area contributed by atoms with E-state index in [9.17, 15) is 14.4 Å². The van der Waals surface area contributed by atoms with Gasteiger partial charge in [0, 0.05) is 11.8 Å². The summed E-state index contributed by atoms with van der Waals surface area (Å²) in [6.07, 6.45) is 0. The predicted octanol–water partition coefficient (Wildman–Crippen LogP) is 3.16. The molecule has 2 N–H and O–H groups in total. The zero-order valence-electron chi connectivity index (χ0n) is 18.2. The summed E-state index contributed by atoms with van der Waals surface area (Å²) in [5, 5.41) is 4.60. The van der Waals surface area contributed by atoms with Gasteiger partial charge in [-0.3, -0.25) is 10.1 Å². The second-order valence-corrected chi connectivity index (χ2v) is 7.51. The van der Waals surface area contributed by atoms with E-state index in [1.165, 1.54) is 0 Å². The Labute approximate surface area is 186 Å². The highest BCUT2D eigenvalue weighted by molar-refractivity contribution is 6.02. The Bertz CT molecular complexity index is 1000. The van der Waals surface area contributed by atoms with Gasteiger partial charge in [-0.2, -0.15) is 0 Å². The molecule has 0 fully saturated rings. The largest absolute Gasteiger partial charge is 0.486 e. The predicted molar refractivity (Wildman–Crippen MR) is 116 cm³/mol. The van der Waals surface area contributed by atoms with Crippen molar-refractivity contribution in [1.82, 2.24) is 5.32 Å². The number of hydrogen-bond acceptors (Lipinski definition) is 7. The van der Waals surface area contributed by atoms with E-state index in [0.717, 1.165) is 11.1 Å². The summed E-state index contributed by atoms with van der Waals surface area (Å²) in [6.45, 7) is 5.89. The molecule has 32 heavy (non-hydrogen) atoms. The fourth-order valence-corrected chi connectivity index (χ4v) is 3.01. The van der Waals surface area contributed by atoms with E-state index < -0.39 is 24.5 Å². The van der Waals surface area contributed by atoms with Gasteiger partial charge in [0.15, 0.2) is 24.7 Å². The third-order valence-corrected chi connectivity index (χ3v) is 4.55. The fraction of sp³-hybridized carbons (Fsp3) is 0.348. The van der Waals surface area contributed by atoms with E-state index >= 15 is 0 Å². The van der Waals surface area contributed by atoms with Crippen molar-refractivity contribution in [1.29, 1.82) is 0 Å². The van der Waals surface area contributed by atoms with E-state index in [-0.39, 0.29) is 12.5 Å². The van der Waals surface area contributed by atoms with Gasteiger partial charge in [0.05, 0.1) is 0 Å². The van der Waals surface area contributed by atoms with E-state index in [4.69, 9.17) is 18.9 Å². The molecule has 1 heterocycles. The number of aryl methyl sites for hydroxylation is 1. The van der Waals surface area contributed by atoms with Gasteiger partial charge < -0.3 is 24.3 Å². The number of esters is 1. The Kier molecular flexibility index (Phi) is 7.54. The van der Waals surface area contributed by atoms with Crippen LogP contribution in [0.25, 0.3) is 0 Å². The summed E-state index contributed by atoms with van der Waals surface area (Å²) in [7, 11) is 0. The lowest BCUT2D eigenvalue weighted by atomic mass is 10.0. The molecule has 0 bridgehead atoms. The number of anilines is 1. The van der Waals surface area contributed by atoms with Crippen molar-refractivity contribution in [2.45, 2.75) is 26.7 Å². The molecule has 0 unspecified atom stereocenters. The van der Waals surface area contributed by atoms with Crippen LogP contribution in [-0.4, -0.2) is 44.3 Å². The van der Waals surface area contributed by atoms with Crippen LogP contribution in [0.2, 0.25) is 0 Å². The van der Waals surface area contributed by atoms with Gasteiger partial charge in [-0.15, -0.1) is 0 Å². The van der Waals surface area contributed by atoms with Crippen LogP contribution in [0.3, 0.4) is 0 Å². The Hall–Kier alpha value is -3.75. The fourth-order valence-electron chi connectivity index (χ4n) is 3.01. The zero-order chi connectivity index (χ0) is 23.1. The smallest absolute Gasteiger partial charge is 0.344 e. The van der Waals surface area contributed by atoms with Crippen molar-refractivity contribution >= 4 is 23.6 Å². The highest BCUT2D eigenvalue weighted by Crippen LogP contribution is 2.32. The van der Waals surface area contributed by atoms with Gasteiger partial charge in [0.2, 0.25) is 0 Å². The van der Waals surface area contributed by atoms with E-state index in [1.807, 2.05) is 39.0 Å². The molecular weight excluding hydrogens is 416 g/mol. The molecule has 2 aromatic rings. The molecule has 0 aromatic heterocycles. The molecular formula is C23H26N2O7. The molecule has 9 heteroatoms. The van der Waals surface area contributed by atoms with Gasteiger partial charge in [-0.1, -0.05) is 26.0 Å². The van der Waals surface area contributed by atoms with Crippen LogP contribution in [0.15, 0.2) is 36.4 Å². The summed E-state index contributed by atoms with van der Waals surface area (Å²) in [5.74, 6) is 0.415. The molecule has 170 valence electrons. The lowest BCUT2D eigenvalue weighted by molar-refractivity contribution is -0.150. The number of rotatable bonds is 7. The van der Waals surface area contributed by atoms with Crippen molar-refractivity contribution in [2.75, 3.05) is 31.7 Å². The number of carbonyl (C=O) groups excluding carboxylic acids is 3. The molecule has 0 saturated heterocycles. The molecule has 9 nitrogen and oxygen atoms in total. The van der Waals surface area contributed by atoms with Crippen LogP contribution in [0, 0.1) is 6.92 Å². The van der Waals surface area contributed by atoms with Crippen LogP contribution in [0.1, 0.15) is 30.9 Å². The maximum absolute atomic E-state index is 12.0. The number of ether oxygens (including phenoxy) is 4. The Morgan fingerprint density at radius 1 is 1.00 bits per heavy atom. The number of carbonyl (C=O) groups is 3. The molecule has 0 spiro atoms. The minimum Gasteiger partial charge on any atom is -0.486 e. The number of amides is 3. The Morgan fingerprint density at radius 3 is 2.50 bits per heavy atom. The average Bonchev–Trinajstić information content (AvgIpc) is 2.76. The number of hydrogen-bond donors (Lipinski definition) is 2. The van der Waals surface area contributed by atoms with Gasteiger partial charge >= 0.3 is 12.0 Å². The highest BCUT2D eigenvalue weighted by Gasteiger charge is 2.16. The number of nitrogens with one attached hydrogen (secondary N) is 2. The third-order valence-electron chi connectivity index (χ3n) is 4.55. The summed E-state index contributed by atoms with van der Waals surface area (Å²) >= 11 is 0. The van der Waals surface area contributed by atoms with Crippen LogP contribution in [0.5, 0.6) is 17.2 Å². The lowest BCUT2D eigenvalue weighted by Crippen LogP contribution is -2.37. The number of imide groups is 1. The molecule has 3 amide bonds. The van der Waals surface area contributed by atoms with Crippen LogP contribution in [-0.2, 0) is 14.3 Å². The molecule has 0 aliphatic carbocycles. The minimum atomic E-state index is -0.771. The van der Waals surface area contributed by atoms with E-state index in [0.29, 0.717) is 36.1 Å². The minimum absolute atomic E-state index is 0.222. The molecule has 1 aliphatic rings. The molecule has 0 radical (unpaired) electrons. The quantitative estimate of drug-likeness (QED) is 0.634. The highest BCUT2D eigenvalue weighted by atomic mass is 16.6. The second-order valence-electron chi connectivity index (χ2n) is 7.51. The lowest BCUT2D eigenvalue weighted by Gasteiger charge is -2.19. The van der Waals surface area contributed by atoms with Crippen molar-refractivity contribution in [3.63, 3.8) is 0 Å². The van der Waals surface area contributed by atoms with Gasteiger partial charge in [-0.05, 0) is 42.2 Å². The molecule has 1 aliphatic heterocycles. The standard InChI is InChI=1S/C23H26N2O7/c1-14(2)17-6-4-15(3)10-19(17)31-13-22(27)32-12-21(26)25-23(28)24-16-5-7-18-20(11-16)30-9-8-29-18/h4-7,10-11,14H,8-9,12-13H2,1-3H3,(H2,24,25,26,28). The first-order valence-electron chi connectivity index (χ1n) is 10.2. The van der Waals surface area contributed by atoms with Crippen LogP contribution >= 0.6 is 0 Å². The third kappa shape index (κ3) is 6.37. The molecule has 0 atom stereocenters. The summed E-state index contributed by atoms with van der Waals surface area (Å²) in [6, 6.07) is 9.87. The Balaban J connectivity index is 1.42. The second kappa shape index (κ2) is 10.5. The summed E-state index contributed by atoms with van der Waals surface area (Å²) in [5.41, 5.74) is 2.39. The maximum atomic E-state index is 12.0. The average molecular weight is 442 g/mol. The number of urea groups is 1. The summed E-state index contributed by atoms with van der Waals surface area (Å²) in [4.78, 5) is 35.9. The van der Waals surface area contributed by atoms with Gasteiger partial charge in [0.25, 0.3) is 5.91 Å². The van der Waals surface area contributed by atoms with Gasteiger partial charge in [0.1, 0.15) is 19.0 Å².